The van der Waals surface area contributed by atoms with Crippen molar-refractivity contribution < 1.29 is 19.1 Å². The quantitative estimate of drug-likeness (QED) is 0.794. The first-order valence-corrected chi connectivity index (χ1v) is 6.22. The van der Waals surface area contributed by atoms with E-state index in [4.69, 9.17) is 5.11 Å². The zero-order chi connectivity index (χ0) is 14.3. The summed E-state index contributed by atoms with van der Waals surface area (Å²) in [6.07, 6.45) is 1.64. The van der Waals surface area contributed by atoms with Gasteiger partial charge < -0.3 is 10.4 Å². The average molecular weight is 267 g/mol. The lowest BCUT2D eigenvalue weighted by Gasteiger charge is -2.05. The lowest BCUT2D eigenvalue weighted by Crippen LogP contribution is -2.25. The average Bonchev–Trinajstić information content (AvgIpc) is 2.33. The fourth-order valence-electron chi connectivity index (χ4n) is 1.71. The molecule has 5 heteroatoms. The second kappa shape index (κ2) is 7.51. The van der Waals surface area contributed by atoms with E-state index in [1.165, 1.54) is 6.07 Å². The first kappa shape index (κ1) is 15.1. The highest BCUT2D eigenvalue weighted by atomic mass is 19.1. The molecule has 0 saturated carbocycles. The second-order valence-corrected chi connectivity index (χ2v) is 4.43. The summed E-state index contributed by atoms with van der Waals surface area (Å²) in [7, 11) is 0. The van der Waals surface area contributed by atoms with Gasteiger partial charge in [-0.2, -0.15) is 0 Å². The fraction of sp³-hybridized carbons (Fsp3) is 0.429. The van der Waals surface area contributed by atoms with E-state index in [0.717, 1.165) is 5.56 Å². The van der Waals surface area contributed by atoms with Gasteiger partial charge in [0.15, 0.2) is 0 Å². The zero-order valence-electron chi connectivity index (χ0n) is 10.9. The van der Waals surface area contributed by atoms with Gasteiger partial charge in [-0.25, -0.2) is 4.39 Å². The van der Waals surface area contributed by atoms with Gasteiger partial charge in [0.25, 0.3) is 0 Å². The van der Waals surface area contributed by atoms with Crippen LogP contribution in [0, 0.1) is 12.7 Å². The second-order valence-electron chi connectivity index (χ2n) is 4.43. The van der Waals surface area contributed by atoms with Crippen LogP contribution in [0.4, 0.5) is 4.39 Å². The molecule has 0 bridgehead atoms. The number of benzene rings is 1. The molecule has 104 valence electrons. The number of aliphatic carboxylic acids is 1. The van der Waals surface area contributed by atoms with Gasteiger partial charge >= 0.3 is 5.97 Å². The number of rotatable bonds is 7. The number of hydrogen-bond acceptors (Lipinski definition) is 2. The first-order chi connectivity index (χ1) is 8.99. The molecule has 1 rings (SSSR count). The molecule has 1 aromatic rings. The first-order valence-electron chi connectivity index (χ1n) is 6.22. The number of carbonyl (C=O) groups excluding carboxylic acids is 1. The molecular weight excluding hydrogens is 249 g/mol. The number of carbonyl (C=O) groups is 2. The van der Waals surface area contributed by atoms with Crippen molar-refractivity contribution in [3.05, 3.63) is 35.1 Å². The number of nitrogens with one attached hydrogen (secondary N) is 1. The van der Waals surface area contributed by atoms with Gasteiger partial charge in [-0.3, -0.25) is 9.59 Å². The Bertz CT molecular complexity index is 460. The maximum absolute atomic E-state index is 13.0. The summed E-state index contributed by atoms with van der Waals surface area (Å²) in [5, 5.41) is 11.0. The van der Waals surface area contributed by atoms with Crippen LogP contribution in [0.5, 0.6) is 0 Å². The summed E-state index contributed by atoms with van der Waals surface area (Å²) in [5.41, 5.74) is 1.60. The van der Waals surface area contributed by atoms with E-state index in [0.29, 0.717) is 24.8 Å². The Hall–Kier alpha value is -1.91. The maximum Gasteiger partial charge on any atom is 0.305 e. The summed E-state index contributed by atoms with van der Waals surface area (Å²) in [5.74, 6) is -1.31. The Kier molecular flexibility index (Phi) is 5.99. The Morgan fingerprint density at radius 2 is 2.05 bits per heavy atom. The van der Waals surface area contributed by atoms with Crippen molar-refractivity contribution in [1.29, 1.82) is 0 Å². The van der Waals surface area contributed by atoms with E-state index >= 15 is 0 Å². The molecule has 0 aromatic heterocycles. The Morgan fingerprint density at radius 3 is 2.68 bits per heavy atom. The van der Waals surface area contributed by atoms with Crippen LogP contribution in [0.3, 0.4) is 0 Å². The molecule has 0 aliphatic heterocycles. The molecule has 2 N–H and O–H groups in total. The third-order valence-electron chi connectivity index (χ3n) is 2.75. The van der Waals surface area contributed by atoms with Crippen LogP contribution >= 0.6 is 0 Å². The Balaban J connectivity index is 2.24. The van der Waals surface area contributed by atoms with E-state index < -0.39 is 5.97 Å². The van der Waals surface area contributed by atoms with Crippen molar-refractivity contribution in [2.75, 3.05) is 6.54 Å². The molecule has 0 spiro atoms. The minimum atomic E-state index is -0.929. The molecule has 1 aromatic carbocycles. The molecule has 4 nitrogen and oxygen atoms in total. The number of aryl methyl sites for hydroxylation is 2. The summed E-state index contributed by atoms with van der Waals surface area (Å²) < 4.78 is 13.0. The summed E-state index contributed by atoms with van der Waals surface area (Å²) in [4.78, 5) is 21.6. The molecule has 0 aliphatic rings. The van der Waals surface area contributed by atoms with E-state index in [1.807, 2.05) is 0 Å². The Labute approximate surface area is 111 Å². The summed E-state index contributed by atoms with van der Waals surface area (Å²) in [6.45, 7) is 1.86. The topological polar surface area (TPSA) is 66.4 Å². The third-order valence-corrected chi connectivity index (χ3v) is 2.75. The minimum Gasteiger partial charge on any atom is -0.481 e. The molecular formula is C14H18FNO3. The predicted molar refractivity (Wildman–Crippen MR) is 69.3 cm³/mol. The van der Waals surface area contributed by atoms with E-state index in [1.54, 1.807) is 19.1 Å². The number of carboxylic acids is 1. The van der Waals surface area contributed by atoms with Crippen LogP contribution in [0.1, 0.15) is 30.4 Å². The fourth-order valence-corrected chi connectivity index (χ4v) is 1.71. The third kappa shape index (κ3) is 5.99. The van der Waals surface area contributed by atoms with Crippen molar-refractivity contribution in [1.82, 2.24) is 5.32 Å². The zero-order valence-corrected chi connectivity index (χ0v) is 10.9. The van der Waals surface area contributed by atoms with Crippen LogP contribution in [-0.4, -0.2) is 23.5 Å². The monoisotopic (exact) mass is 267 g/mol. The summed E-state index contributed by atoms with van der Waals surface area (Å²) in [6, 6.07) is 4.92. The van der Waals surface area contributed by atoms with Gasteiger partial charge in [-0.1, -0.05) is 12.1 Å². The summed E-state index contributed by atoms with van der Waals surface area (Å²) >= 11 is 0. The largest absolute Gasteiger partial charge is 0.481 e. The minimum absolute atomic E-state index is 0.0666. The molecule has 1 amide bonds. The molecule has 0 heterocycles. The number of amides is 1. The van der Waals surface area contributed by atoms with Gasteiger partial charge in [-0.05, 0) is 37.0 Å². The highest BCUT2D eigenvalue weighted by Gasteiger charge is 2.04. The normalized spacial score (nSPS) is 10.2. The number of halogens is 1. The lowest BCUT2D eigenvalue weighted by atomic mass is 10.1. The standard InChI is InChI=1S/C14H18FNO3/c1-10-9-11(5-6-12(10)15)3-2-4-13(17)16-8-7-14(18)19/h5-6,9H,2-4,7-8H2,1H3,(H,16,17)(H,18,19). The van der Waals surface area contributed by atoms with E-state index in [9.17, 15) is 14.0 Å². The lowest BCUT2D eigenvalue weighted by molar-refractivity contribution is -0.136. The molecule has 0 aliphatic carbocycles. The van der Waals surface area contributed by atoms with Crippen LogP contribution in [0.15, 0.2) is 18.2 Å². The molecule has 0 atom stereocenters. The number of carboxylic acid groups (broad SMARTS) is 1. The van der Waals surface area contributed by atoms with Gasteiger partial charge in [-0.15, -0.1) is 0 Å². The van der Waals surface area contributed by atoms with Gasteiger partial charge in [0.1, 0.15) is 5.82 Å². The maximum atomic E-state index is 13.0. The Morgan fingerprint density at radius 1 is 1.32 bits per heavy atom. The smallest absolute Gasteiger partial charge is 0.305 e. The van der Waals surface area contributed by atoms with Gasteiger partial charge in [0.2, 0.25) is 5.91 Å². The van der Waals surface area contributed by atoms with Crippen LogP contribution in [0.2, 0.25) is 0 Å². The molecule has 0 radical (unpaired) electrons. The molecule has 0 fully saturated rings. The van der Waals surface area contributed by atoms with E-state index in [-0.39, 0.29) is 24.7 Å². The SMILES string of the molecule is Cc1cc(CCCC(=O)NCCC(=O)O)ccc1F. The van der Waals surface area contributed by atoms with Crippen molar-refractivity contribution >= 4 is 11.9 Å². The van der Waals surface area contributed by atoms with Crippen LogP contribution in [-0.2, 0) is 16.0 Å². The predicted octanol–water partition coefficient (Wildman–Crippen LogP) is 2.05. The van der Waals surface area contributed by atoms with E-state index in [2.05, 4.69) is 5.32 Å². The van der Waals surface area contributed by atoms with Crippen molar-refractivity contribution in [3.63, 3.8) is 0 Å². The van der Waals surface area contributed by atoms with Crippen molar-refractivity contribution in [3.8, 4) is 0 Å². The molecule has 0 unspecified atom stereocenters. The highest BCUT2D eigenvalue weighted by Crippen LogP contribution is 2.11. The van der Waals surface area contributed by atoms with Crippen molar-refractivity contribution in [2.45, 2.75) is 32.6 Å². The van der Waals surface area contributed by atoms with Crippen LogP contribution < -0.4 is 5.32 Å². The van der Waals surface area contributed by atoms with Crippen LogP contribution in [0.25, 0.3) is 0 Å². The molecule has 0 saturated heterocycles. The molecule has 19 heavy (non-hydrogen) atoms. The van der Waals surface area contributed by atoms with Gasteiger partial charge in [0.05, 0.1) is 6.42 Å². The number of hydrogen-bond donors (Lipinski definition) is 2. The van der Waals surface area contributed by atoms with Gasteiger partial charge in [0, 0.05) is 13.0 Å². The van der Waals surface area contributed by atoms with Crippen molar-refractivity contribution in [2.24, 2.45) is 0 Å². The highest BCUT2D eigenvalue weighted by molar-refractivity contribution is 5.76.